The topological polar surface area (TPSA) is 58.2 Å². The van der Waals surface area contributed by atoms with Crippen molar-refractivity contribution in [1.29, 1.82) is 0 Å². The van der Waals surface area contributed by atoms with E-state index < -0.39 is 10.0 Å². The minimum atomic E-state index is -3.08. The molecule has 0 heterocycles. The SMILES string of the molecule is CCCNCCCCS(=O)(=O)NC1CCCCCCC1. The van der Waals surface area contributed by atoms with E-state index in [0.717, 1.165) is 58.0 Å². The maximum atomic E-state index is 12.1. The van der Waals surface area contributed by atoms with Gasteiger partial charge in [0.1, 0.15) is 0 Å². The molecule has 0 aromatic rings. The van der Waals surface area contributed by atoms with Gasteiger partial charge in [0, 0.05) is 6.04 Å². The minimum Gasteiger partial charge on any atom is -0.317 e. The first-order valence-electron chi connectivity index (χ1n) is 8.35. The highest BCUT2D eigenvalue weighted by Crippen LogP contribution is 2.17. The van der Waals surface area contributed by atoms with Gasteiger partial charge in [-0.3, -0.25) is 0 Å². The molecule has 120 valence electrons. The van der Waals surface area contributed by atoms with Gasteiger partial charge >= 0.3 is 0 Å². The van der Waals surface area contributed by atoms with Crippen LogP contribution < -0.4 is 10.0 Å². The van der Waals surface area contributed by atoms with Crippen LogP contribution >= 0.6 is 0 Å². The Morgan fingerprint density at radius 2 is 1.60 bits per heavy atom. The van der Waals surface area contributed by atoms with E-state index in [1.165, 1.54) is 19.3 Å². The third kappa shape index (κ3) is 8.93. The molecule has 0 aromatic carbocycles. The van der Waals surface area contributed by atoms with Gasteiger partial charge < -0.3 is 5.32 Å². The predicted molar refractivity (Wildman–Crippen MR) is 85.4 cm³/mol. The first-order valence-corrected chi connectivity index (χ1v) is 10.00. The van der Waals surface area contributed by atoms with Crippen molar-refractivity contribution in [2.75, 3.05) is 18.8 Å². The summed E-state index contributed by atoms with van der Waals surface area (Å²) in [6.07, 6.45) is 11.0. The fourth-order valence-electron chi connectivity index (χ4n) is 2.73. The molecule has 0 aromatic heterocycles. The summed E-state index contributed by atoms with van der Waals surface area (Å²) < 4.78 is 27.0. The summed E-state index contributed by atoms with van der Waals surface area (Å²) in [7, 11) is -3.08. The Morgan fingerprint density at radius 1 is 0.950 bits per heavy atom. The van der Waals surface area contributed by atoms with Crippen LogP contribution in [-0.4, -0.2) is 33.3 Å². The molecule has 0 radical (unpaired) electrons. The number of nitrogens with one attached hydrogen (secondary N) is 2. The number of hydrogen-bond donors (Lipinski definition) is 2. The van der Waals surface area contributed by atoms with E-state index in [4.69, 9.17) is 0 Å². The zero-order valence-corrected chi connectivity index (χ0v) is 13.8. The van der Waals surface area contributed by atoms with Crippen LogP contribution in [0, 0.1) is 0 Å². The highest BCUT2D eigenvalue weighted by molar-refractivity contribution is 7.89. The van der Waals surface area contributed by atoms with E-state index in [0.29, 0.717) is 0 Å². The lowest BCUT2D eigenvalue weighted by atomic mass is 9.97. The number of sulfonamides is 1. The molecular weight excluding hydrogens is 272 g/mol. The number of rotatable bonds is 9. The van der Waals surface area contributed by atoms with E-state index in [1.807, 2.05) is 0 Å². The summed E-state index contributed by atoms with van der Waals surface area (Å²) in [5.41, 5.74) is 0. The molecule has 1 saturated carbocycles. The monoisotopic (exact) mass is 304 g/mol. The van der Waals surface area contributed by atoms with Crippen LogP contribution in [0.3, 0.4) is 0 Å². The van der Waals surface area contributed by atoms with Crippen molar-refractivity contribution < 1.29 is 8.42 Å². The first kappa shape index (κ1) is 17.9. The predicted octanol–water partition coefficient (Wildman–Crippen LogP) is 2.80. The Bertz CT molecular complexity index is 323. The second kappa shape index (κ2) is 10.6. The molecule has 1 aliphatic rings. The van der Waals surface area contributed by atoms with Gasteiger partial charge in [0.2, 0.25) is 10.0 Å². The smallest absolute Gasteiger partial charge is 0.211 e. The average molecular weight is 305 g/mol. The van der Waals surface area contributed by atoms with Crippen molar-refractivity contribution in [3.05, 3.63) is 0 Å². The second-order valence-electron chi connectivity index (χ2n) is 5.94. The van der Waals surface area contributed by atoms with Crippen LogP contribution in [0.25, 0.3) is 0 Å². The van der Waals surface area contributed by atoms with E-state index in [9.17, 15) is 8.42 Å². The lowest BCUT2D eigenvalue weighted by Gasteiger charge is -2.20. The van der Waals surface area contributed by atoms with Crippen LogP contribution in [0.2, 0.25) is 0 Å². The Kier molecular flexibility index (Phi) is 9.48. The molecule has 0 saturated heterocycles. The van der Waals surface area contributed by atoms with Crippen LogP contribution in [0.5, 0.6) is 0 Å². The lowest BCUT2D eigenvalue weighted by Crippen LogP contribution is -2.36. The average Bonchev–Trinajstić information content (AvgIpc) is 2.37. The van der Waals surface area contributed by atoms with E-state index in [-0.39, 0.29) is 11.8 Å². The molecule has 0 aliphatic heterocycles. The third-order valence-electron chi connectivity index (χ3n) is 3.89. The quantitative estimate of drug-likeness (QED) is 0.644. The van der Waals surface area contributed by atoms with Gasteiger partial charge in [0.05, 0.1) is 5.75 Å². The van der Waals surface area contributed by atoms with Crippen LogP contribution in [0.1, 0.15) is 71.1 Å². The third-order valence-corrected chi connectivity index (χ3v) is 5.41. The molecule has 0 spiro atoms. The summed E-state index contributed by atoms with van der Waals surface area (Å²) in [5, 5.41) is 3.30. The van der Waals surface area contributed by atoms with Gasteiger partial charge in [-0.2, -0.15) is 0 Å². The van der Waals surface area contributed by atoms with Gasteiger partial charge in [-0.25, -0.2) is 13.1 Å². The summed E-state index contributed by atoms with van der Waals surface area (Å²) >= 11 is 0. The molecule has 5 heteroatoms. The van der Waals surface area contributed by atoms with Gasteiger partial charge in [-0.15, -0.1) is 0 Å². The van der Waals surface area contributed by atoms with Gasteiger partial charge in [0.25, 0.3) is 0 Å². The molecule has 0 unspecified atom stereocenters. The van der Waals surface area contributed by atoms with E-state index in [1.54, 1.807) is 0 Å². The summed E-state index contributed by atoms with van der Waals surface area (Å²) in [6.45, 7) is 4.08. The molecular formula is C15H32N2O2S. The molecule has 0 bridgehead atoms. The zero-order chi connectivity index (χ0) is 14.7. The Morgan fingerprint density at radius 3 is 2.25 bits per heavy atom. The normalized spacial score (nSPS) is 18.6. The second-order valence-corrected chi connectivity index (χ2v) is 7.81. The fourth-order valence-corrected chi connectivity index (χ4v) is 4.18. The standard InChI is InChI=1S/C15H32N2O2S/c1-2-12-16-13-8-9-14-20(18,19)17-15-10-6-4-3-5-7-11-15/h15-17H,2-14H2,1H3. The maximum absolute atomic E-state index is 12.1. The largest absolute Gasteiger partial charge is 0.317 e. The van der Waals surface area contributed by atoms with Crippen LogP contribution in [-0.2, 0) is 10.0 Å². The molecule has 1 aliphatic carbocycles. The lowest BCUT2D eigenvalue weighted by molar-refractivity contribution is 0.426. The van der Waals surface area contributed by atoms with Crippen molar-refractivity contribution in [2.45, 2.75) is 77.2 Å². The summed E-state index contributed by atoms with van der Waals surface area (Å²) in [6, 6.07) is 0.179. The highest BCUT2D eigenvalue weighted by Gasteiger charge is 2.18. The number of hydrogen-bond acceptors (Lipinski definition) is 3. The summed E-state index contributed by atoms with van der Waals surface area (Å²) in [5.74, 6) is 0.275. The molecule has 2 N–H and O–H groups in total. The Labute approximate surface area is 125 Å². The minimum absolute atomic E-state index is 0.179. The van der Waals surface area contributed by atoms with Crippen molar-refractivity contribution in [3.8, 4) is 0 Å². The molecule has 0 amide bonds. The molecule has 1 rings (SSSR count). The molecule has 1 fully saturated rings. The highest BCUT2D eigenvalue weighted by atomic mass is 32.2. The van der Waals surface area contributed by atoms with Gasteiger partial charge in [-0.05, 0) is 45.2 Å². The van der Waals surface area contributed by atoms with Crippen molar-refractivity contribution >= 4 is 10.0 Å². The summed E-state index contributed by atoms with van der Waals surface area (Å²) in [4.78, 5) is 0. The first-order chi connectivity index (χ1) is 9.64. The number of unbranched alkanes of at least 4 members (excludes halogenated alkanes) is 1. The van der Waals surface area contributed by atoms with Crippen molar-refractivity contribution in [1.82, 2.24) is 10.0 Å². The molecule has 4 nitrogen and oxygen atoms in total. The fraction of sp³-hybridized carbons (Fsp3) is 1.00. The van der Waals surface area contributed by atoms with Crippen molar-refractivity contribution in [3.63, 3.8) is 0 Å². The van der Waals surface area contributed by atoms with Gasteiger partial charge in [-0.1, -0.05) is 39.0 Å². The molecule has 20 heavy (non-hydrogen) atoms. The van der Waals surface area contributed by atoms with Gasteiger partial charge in [0.15, 0.2) is 0 Å². The van der Waals surface area contributed by atoms with Crippen molar-refractivity contribution in [2.24, 2.45) is 0 Å². The Balaban J connectivity index is 2.18. The maximum Gasteiger partial charge on any atom is 0.211 e. The van der Waals surface area contributed by atoms with Crippen LogP contribution in [0.4, 0.5) is 0 Å². The zero-order valence-electron chi connectivity index (χ0n) is 13.0. The van der Waals surface area contributed by atoms with Crippen LogP contribution in [0.15, 0.2) is 0 Å². The Hall–Kier alpha value is -0.130. The van der Waals surface area contributed by atoms with E-state index in [2.05, 4.69) is 17.0 Å². The van der Waals surface area contributed by atoms with E-state index >= 15 is 0 Å². The molecule has 0 atom stereocenters.